The molecule has 1 aromatic heterocycles. The molecule has 0 saturated heterocycles. The lowest BCUT2D eigenvalue weighted by Crippen LogP contribution is -2.13. The Labute approximate surface area is 87.2 Å². The third kappa shape index (κ3) is 1.90. The molecular weight excluding hydrogens is 202 g/mol. The molecule has 5 heteroatoms. The van der Waals surface area contributed by atoms with Crippen LogP contribution in [-0.2, 0) is 11.8 Å². The molecule has 76 valence electrons. The Morgan fingerprint density at radius 1 is 1.79 bits per heavy atom. The highest BCUT2D eigenvalue weighted by molar-refractivity contribution is 6.29. The Bertz CT molecular complexity index is 357. The van der Waals surface area contributed by atoms with E-state index in [0.29, 0.717) is 5.92 Å². The molecule has 0 unspecified atom stereocenters. The second kappa shape index (κ2) is 3.61. The molecule has 4 nitrogen and oxygen atoms in total. The van der Waals surface area contributed by atoms with Gasteiger partial charge in [-0.25, -0.2) is 0 Å². The van der Waals surface area contributed by atoms with Crippen LogP contribution in [0.3, 0.4) is 0 Å². The minimum absolute atomic E-state index is 0.0149. The summed E-state index contributed by atoms with van der Waals surface area (Å²) >= 11 is 5.42. The highest BCUT2D eigenvalue weighted by Gasteiger charge is 2.29. The number of aryl methyl sites for hydroxylation is 1. The fraction of sp³-hybridized carbons (Fsp3) is 0.556. The first kappa shape index (κ1) is 9.52. The lowest BCUT2D eigenvalue weighted by molar-refractivity contribution is -0.113. The first-order valence-electron chi connectivity index (χ1n) is 4.60. The van der Waals surface area contributed by atoms with Gasteiger partial charge < -0.3 is 5.32 Å². The minimum Gasteiger partial charge on any atom is -0.322 e. The van der Waals surface area contributed by atoms with Crippen LogP contribution in [0.15, 0.2) is 6.20 Å². The topological polar surface area (TPSA) is 46.9 Å². The number of anilines is 1. The Morgan fingerprint density at radius 3 is 3.07 bits per heavy atom. The van der Waals surface area contributed by atoms with E-state index in [1.165, 1.54) is 12.8 Å². The van der Waals surface area contributed by atoms with Crippen molar-refractivity contribution in [1.29, 1.82) is 0 Å². The van der Waals surface area contributed by atoms with Gasteiger partial charge in [0.15, 0.2) is 0 Å². The summed E-state index contributed by atoms with van der Waals surface area (Å²) in [6.07, 6.45) is 4.15. The predicted molar refractivity (Wildman–Crippen MR) is 54.5 cm³/mol. The predicted octanol–water partition coefficient (Wildman–Crippen LogP) is 1.47. The van der Waals surface area contributed by atoms with E-state index in [-0.39, 0.29) is 11.8 Å². The van der Waals surface area contributed by atoms with E-state index in [2.05, 4.69) is 10.4 Å². The van der Waals surface area contributed by atoms with Gasteiger partial charge in [0, 0.05) is 19.2 Å². The average molecular weight is 214 g/mol. The standard InChI is InChI=1S/C9H12ClN3O/c1-13-5-7(11-8(14)4-10)9(12-13)6-2-3-6/h5-6H,2-4H2,1H3,(H,11,14). The second-order valence-corrected chi connectivity index (χ2v) is 3.83. The van der Waals surface area contributed by atoms with Crippen LogP contribution in [0.5, 0.6) is 0 Å². The van der Waals surface area contributed by atoms with E-state index < -0.39 is 0 Å². The number of aromatic nitrogens is 2. The van der Waals surface area contributed by atoms with Gasteiger partial charge in [0.25, 0.3) is 0 Å². The van der Waals surface area contributed by atoms with Crippen LogP contribution in [-0.4, -0.2) is 21.6 Å². The number of carbonyl (C=O) groups excluding carboxylic acids is 1. The molecule has 0 aliphatic heterocycles. The molecular formula is C9H12ClN3O. The summed E-state index contributed by atoms with van der Waals surface area (Å²) in [6, 6.07) is 0. The number of carbonyl (C=O) groups is 1. The van der Waals surface area contributed by atoms with E-state index in [0.717, 1.165) is 11.4 Å². The van der Waals surface area contributed by atoms with Crippen LogP contribution in [0, 0.1) is 0 Å². The van der Waals surface area contributed by atoms with Crippen LogP contribution in [0.1, 0.15) is 24.5 Å². The SMILES string of the molecule is Cn1cc(NC(=O)CCl)c(C2CC2)n1. The normalized spacial score (nSPS) is 15.6. The fourth-order valence-corrected chi connectivity index (χ4v) is 1.51. The molecule has 1 aliphatic carbocycles. The molecule has 1 aromatic rings. The molecule has 2 rings (SSSR count). The molecule has 0 spiro atoms. The molecule has 1 aliphatic rings. The van der Waals surface area contributed by atoms with Gasteiger partial charge in [0.2, 0.25) is 5.91 Å². The van der Waals surface area contributed by atoms with E-state index in [1.807, 2.05) is 13.2 Å². The molecule has 0 atom stereocenters. The van der Waals surface area contributed by atoms with Gasteiger partial charge in [-0.1, -0.05) is 0 Å². The van der Waals surface area contributed by atoms with Gasteiger partial charge in [-0.3, -0.25) is 9.48 Å². The molecule has 0 radical (unpaired) electrons. The lowest BCUT2D eigenvalue weighted by Gasteiger charge is -2.00. The summed E-state index contributed by atoms with van der Waals surface area (Å²) < 4.78 is 1.72. The molecule has 0 aromatic carbocycles. The first-order chi connectivity index (χ1) is 6.70. The van der Waals surface area contributed by atoms with Crippen molar-refractivity contribution < 1.29 is 4.79 Å². The molecule has 1 saturated carbocycles. The molecule has 0 bridgehead atoms. The van der Waals surface area contributed by atoms with Gasteiger partial charge >= 0.3 is 0 Å². The maximum atomic E-state index is 11.1. The zero-order valence-electron chi connectivity index (χ0n) is 7.96. The van der Waals surface area contributed by atoms with Crippen LogP contribution in [0.4, 0.5) is 5.69 Å². The third-order valence-electron chi connectivity index (χ3n) is 2.22. The van der Waals surface area contributed by atoms with Crippen molar-refractivity contribution in [2.45, 2.75) is 18.8 Å². The van der Waals surface area contributed by atoms with Gasteiger partial charge in [-0.2, -0.15) is 5.10 Å². The molecule has 1 amide bonds. The Morgan fingerprint density at radius 2 is 2.50 bits per heavy atom. The van der Waals surface area contributed by atoms with Crippen molar-refractivity contribution in [2.24, 2.45) is 7.05 Å². The lowest BCUT2D eigenvalue weighted by atomic mass is 10.2. The third-order valence-corrected chi connectivity index (χ3v) is 2.46. The minimum atomic E-state index is -0.179. The Hall–Kier alpha value is -1.03. The molecule has 1 N–H and O–H groups in total. The zero-order chi connectivity index (χ0) is 10.1. The summed E-state index contributed by atoms with van der Waals surface area (Å²) in [5.41, 5.74) is 1.80. The number of hydrogen-bond donors (Lipinski definition) is 1. The first-order valence-corrected chi connectivity index (χ1v) is 5.13. The maximum absolute atomic E-state index is 11.1. The highest BCUT2D eigenvalue weighted by atomic mass is 35.5. The maximum Gasteiger partial charge on any atom is 0.239 e. The quantitative estimate of drug-likeness (QED) is 0.774. The van der Waals surface area contributed by atoms with Crippen molar-refractivity contribution in [3.63, 3.8) is 0 Å². The smallest absolute Gasteiger partial charge is 0.239 e. The number of hydrogen-bond acceptors (Lipinski definition) is 2. The average Bonchev–Trinajstić information content (AvgIpc) is 2.92. The zero-order valence-corrected chi connectivity index (χ0v) is 8.71. The van der Waals surface area contributed by atoms with Gasteiger partial charge in [0.1, 0.15) is 5.88 Å². The summed E-state index contributed by atoms with van der Waals surface area (Å²) in [5, 5.41) is 7.07. The summed E-state index contributed by atoms with van der Waals surface area (Å²) in [4.78, 5) is 11.1. The summed E-state index contributed by atoms with van der Waals surface area (Å²) in [5.74, 6) is 0.335. The summed E-state index contributed by atoms with van der Waals surface area (Å²) in [7, 11) is 1.85. The van der Waals surface area contributed by atoms with Crippen LogP contribution < -0.4 is 5.32 Å². The van der Waals surface area contributed by atoms with Crippen LogP contribution in [0.25, 0.3) is 0 Å². The largest absolute Gasteiger partial charge is 0.322 e. The van der Waals surface area contributed by atoms with Crippen molar-refractivity contribution in [1.82, 2.24) is 9.78 Å². The van der Waals surface area contributed by atoms with Crippen molar-refractivity contribution >= 4 is 23.2 Å². The number of alkyl halides is 1. The van der Waals surface area contributed by atoms with Crippen molar-refractivity contribution in [2.75, 3.05) is 11.2 Å². The van der Waals surface area contributed by atoms with E-state index >= 15 is 0 Å². The highest BCUT2D eigenvalue weighted by Crippen LogP contribution is 2.42. The fourth-order valence-electron chi connectivity index (χ4n) is 1.44. The number of amides is 1. The second-order valence-electron chi connectivity index (χ2n) is 3.56. The monoisotopic (exact) mass is 213 g/mol. The van der Waals surface area contributed by atoms with Crippen LogP contribution in [0.2, 0.25) is 0 Å². The van der Waals surface area contributed by atoms with E-state index in [1.54, 1.807) is 4.68 Å². The van der Waals surface area contributed by atoms with Gasteiger partial charge in [0.05, 0.1) is 11.4 Å². The van der Waals surface area contributed by atoms with Gasteiger partial charge in [-0.15, -0.1) is 11.6 Å². The van der Waals surface area contributed by atoms with Crippen molar-refractivity contribution in [3.8, 4) is 0 Å². The Kier molecular flexibility index (Phi) is 2.46. The van der Waals surface area contributed by atoms with Gasteiger partial charge in [-0.05, 0) is 12.8 Å². The molecule has 14 heavy (non-hydrogen) atoms. The number of nitrogens with zero attached hydrogens (tertiary/aromatic N) is 2. The number of halogens is 1. The number of nitrogens with one attached hydrogen (secondary N) is 1. The number of rotatable bonds is 3. The van der Waals surface area contributed by atoms with Crippen molar-refractivity contribution in [3.05, 3.63) is 11.9 Å². The van der Waals surface area contributed by atoms with E-state index in [4.69, 9.17) is 11.6 Å². The molecule has 1 heterocycles. The Balaban J connectivity index is 2.18. The van der Waals surface area contributed by atoms with Crippen LogP contribution >= 0.6 is 11.6 Å². The van der Waals surface area contributed by atoms with E-state index in [9.17, 15) is 4.79 Å². The molecule has 1 fully saturated rings. The summed E-state index contributed by atoms with van der Waals surface area (Å²) in [6.45, 7) is 0.